The minimum atomic E-state index is -0.891. The Hall–Kier alpha value is -2.70. The van der Waals surface area contributed by atoms with Gasteiger partial charge in [0, 0.05) is 17.9 Å². The van der Waals surface area contributed by atoms with Gasteiger partial charge in [0.25, 0.3) is 0 Å². The molecule has 0 aliphatic heterocycles. The molecule has 1 aromatic carbocycles. The van der Waals surface area contributed by atoms with Crippen LogP contribution in [0.4, 0.5) is 5.69 Å². The summed E-state index contributed by atoms with van der Waals surface area (Å²) in [7, 11) is 0. The summed E-state index contributed by atoms with van der Waals surface area (Å²) in [5.41, 5.74) is 4.12. The van der Waals surface area contributed by atoms with Crippen LogP contribution in [0.3, 0.4) is 0 Å². The standard InChI is InChI=1S/C17H24N4O3/c1-11(2)10-18-15(22)9-13(4)20-21-17(24)16(23)19-14-7-5-12(3)6-8-14/h5-8,11H,9-10H2,1-4H3,(H,18,22)(H,19,23)(H,21,24)/b20-13+. The monoisotopic (exact) mass is 332 g/mol. The fraction of sp³-hybridized carbons (Fsp3) is 0.412. The molecule has 0 unspecified atom stereocenters. The number of nitrogens with one attached hydrogen (secondary N) is 3. The van der Waals surface area contributed by atoms with Crippen molar-refractivity contribution in [3.8, 4) is 0 Å². The van der Waals surface area contributed by atoms with Crippen LogP contribution in [-0.2, 0) is 14.4 Å². The van der Waals surface area contributed by atoms with Gasteiger partial charge in [-0.05, 0) is 31.9 Å². The largest absolute Gasteiger partial charge is 0.356 e. The zero-order chi connectivity index (χ0) is 18.1. The van der Waals surface area contributed by atoms with Gasteiger partial charge in [-0.15, -0.1) is 0 Å². The SMILES string of the molecule is C/C(CC(=O)NCC(C)C)=N\NC(=O)C(=O)Nc1ccc(C)cc1. The normalized spacial score (nSPS) is 11.1. The van der Waals surface area contributed by atoms with Crippen LogP contribution in [0.15, 0.2) is 29.4 Å². The van der Waals surface area contributed by atoms with Crippen molar-refractivity contribution in [1.82, 2.24) is 10.7 Å². The molecule has 0 fully saturated rings. The molecule has 0 aromatic heterocycles. The third-order valence-corrected chi connectivity index (χ3v) is 2.99. The number of hydrogen-bond acceptors (Lipinski definition) is 4. The molecule has 0 aliphatic rings. The number of aryl methyl sites for hydroxylation is 1. The van der Waals surface area contributed by atoms with Crippen LogP contribution in [-0.4, -0.2) is 30.0 Å². The molecule has 1 rings (SSSR count). The second-order valence-electron chi connectivity index (χ2n) is 5.98. The smallest absolute Gasteiger partial charge is 0.329 e. The highest BCUT2D eigenvalue weighted by Crippen LogP contribution is 2.08. The van der Waals surface area contributed by atoms with E-state index in [1.807, 2.05) is 32.9 Å². The highest BCUT2D eigenvalue weighted by molar-refractivity contribution is 6.39. The van der Waals surface area contributed by atoms with Crippen molar-refractivity contribution in [3.05, 3.63) is 29.8 Å². The molecule has 7 heteroatoms. The number of rotatable bonds is 6. The van der Waals surface area contributed by atoms with Gasteiger partial charge < -0.3 is 10.6 Å². The molecule has 3 amide bonds. The van der Waals surface area contributed by atoms with Crippen LogP contribution in [0, 0.1) is 12.8 Å². The van der Waals surface area contributed by atoms with E-state index in [1.165, 1.54) is 0 Å². The van der Waals surface area contributed by atoms with E-state index in [0.717, 1.165) is 5.56 Å². The molecule has 24 heavy (non-hydrogen) atoms. The van der Waals surface area contributed by atoms with Gasteiger partial charge >= 0.3 is 11.8 Å². The minimum Gasteiger partial charge on any atom is -0.356 e. The van der Waals surface area contributed by atoms with E-state index in [4.69, 9.17) is 0 Å². The van der Waals surface area contributed by atoms with E-state index in [0.29, 0.717) is 23.9 Å². The van der Waals surface area contributed by atoms with Gasteiger partial charge in [-0.25, -0.2) is 5.43 Å². The number of benzene rings is 1. The highest BCUT2D eigenvalue weighted by atomic mass is 16.2. The molecule has 7 nitrogen and oxygen atoms in total. The van der Waals surface area contributed by atoms with Crippen LogP contribution >= 0.6 is 0 Å². The van der Waals surface area contributed by atoms with Crippen molar-refractivity contribution in [3.63, 3.8) is 0 Å². The van der Waals surface area contributed by atoms with Crippen LogP contribution in [0.25, 0.3) is 0 Å². The Morgan fingerprint density at radius 1 is 1.08 bits per heavy atom. The molecule has 0 atom stereocenters. The number of anilines is 1. The molecule has 0 saturated heterocycles. The number of nitrogens with zero attached hydrogens (tertiary/aromatic N) is 1. The lowest BCUT2D eigenvalue weighted by Crippen LogP contribution is -2.33. The fourth-order valence-electron chi connectivity index (χ4n) is 1.67. The fourth-order valence-corrected chi connectivity index (χ4v) is 1.67. The predicted octanol–water partition coefficient (Wildman–Crippen LogP) is 1.59. The number of carbonyl (C=O) groups excluding carboxylic acids is 3. The summed E-state index contributed by atoms with van der Waals surface area (Å²) < 4.78 is 0. The zero-order valence-corrected chi connectivity index (χ0v) is 14.5. The van der Waals surface area contributed by atoms with E-state index >= 15 is 0 Å². The lowest BCUT2D eigenvalue weighted by molar-refractivity contribution is -0.136. The summed E-state index contributed by atoms with van der Waals surface area (Å²) in [6.45, 7) is 8.10. The van der Waals surface area contributed by atoms with Gasteiger partial charge in [-0.1, -0.05) is 31.5 Å². The number of hydrogen-bond donors (Lipinski definition) is 3. The third-order valence-electron chi connectivity index (χ3n) is 2.99. The second kappa shape index (κ2) is 9.44. The molecule has 130 valence electrons. The van der Waals surface area contributed by atoms with Crippen LogP contribution in [0.1, 0.15) is 32.8 Å². The first-order valence-electron chi connectivity index (χ1n) is 7.75. The van der Waals surface area contributed by atoms with Crippen molar-refractivity contribution in [2.24, 2.45) is 11.0 Å². The highest BCUT2D eigenvalue weighted by Gasteiger charge is 2.13. The van der Waals surface area contributed by atoms with Crippen molar-refractivity contribution in [1.29, 1.82) is 0 Å². The third kappa shape index (κ3) is 7.53. The minimum absolute atomic E-state index is 0.0621. The molecule has 0 heterocycles. The summed E-state index contributed by atoms with van der Waals surface area (Å²) in [6, 6.07) is 7.05. The van der Waals surface area contributed by atoms with E-state index in [9.17, 15) is 14.4 Å². The molecule has 0 spiro atoms. The predicted molar refractivity (Wildman–Crippen MR) is 93.5 cm³/mol. The molecular weight excluding hydrogens is 308 g/mol. The lowest BCUT2D eigenvalue weighted by Gasteiger charge is -2.07. The quantitative estimate of drug-likeness (QED) is 0.419. The molecule has 0 bridgehead atoms. The Bertz CT molecular complexity index is 621. The Morgan fingerprint density at radius 3 is 2.29 bits per heavy atom. The second-order valence-corrected chi connectivity index (χ2v) is 5.98. The summed E-state index contributed by atoms with van der Waals surface area (Å²) >= 11 is 0. The van der Waals surface area contributed by atoms with E-state index < -0.39 is 11.8 Å². The summed E-state index contributed by atoms with van der Waals surface area (Å²) in [5, 5.41) is 8.98. The molecule has 3 N–H and O–H groups in total. The molecule has 0 radical (unpaired) electrons. The van der Waals surface area contributed by atoms with Gasteiger partial charge in [-0.3, -0.25) is 14.4 Å². The van der Waals surface area contributed by atoms with E-state index in [-0.39, 0.29) is 12.3 Å². The summed E-state index contributed by atoms with van der Waals surface area (Å²) in [6.07, 6.45) is 0.0621. The topological polar surface area (TPSA) is 99.7 Å². The first-order valence-corrected chi connectivity index (χ1v) is 7.75. The Balaban J connectivity index is 2.44. The maximum Gasteiger partial charge on any atom is 0.329 e. The molecule has 0 saturated carbocycles. The van der Waals surface area contributed by atoms with Crippen LogP contribution in [0.2, 0.25) is 0 Å². The number of carbonyl (C=O) groups is 3. The van der Waals surface area contributed by atoms with Gasteiger partial charge in [0.1, 0.15) is 0 Å². The number of amides is 3. The van der Waals surface area contributed by atoms with Crippen molar-refractivity contribution >= 4 is 29.1 Å². The number of hydrazone groups is 1. The average molecular weight is 332 g/mol. The Kier molecular flexibility index (Phi) is 7.61. The first-order chi connectivity index (χ1) is 11.3. The van der Waals surface area contributed by atoms with E-state index in [2.05, 4.69) is 21.2 Å². The van der Waals surface area contributed by atoms with Crippen molar-refractivity contribution < 1.29 is 14.4 Å². The van der Waals surface area contributed by atoms with E-state index in [1.54, 1.807) is 19.1 Å². The Labute approximate surface area is 141 Å². The molecular formula is C17H24N4O3. The first kappa shape index (κ1) is 19.3. The molecule has 0 aliphatic carbocycles. The van der Waals surface area contributed by atoms with Gasteiger partial charge in [0.05, 0.1) is 6.42 Å². The van der Waals surface area contributed by atoms with Crippen LogP contribution in [0.5, 0.6) is 0 Å². The maximum atomic E-state index is 11.7. The zero-order valence-electron chi connectivity index (χ0n) is 14.5. The molecule has 1 aromatic rings. The van der Waals surface area contributed by atoms with Crippen LogP contribution < -0.4 is 16.1 Å². The van der Waals surface area contributed by atoms with Gasteiger partial charge in [0.15, 0.2) is 0 Å². The summed E-state index contributed by atoms with van der Waals surface area (Å²) in [4.78, 5) is 35.0. The van der Waals surface area contributed by atoms with Gasteiger partial charge in [0.2, 0.25) is 5.91 Å². The summed E-state index contributed by atoms with van der Waals surface area (Å²) in [5.74, 6) is -1.53. The van der Waals surface area contributed by atoms with Gasteiger partial charge in [-0.2, -0.15) is 5.10 Å². The average Bonchev–Trinajstić information content (AvgIpc) is 2.52. The lowest BCUT2D eigenvalue weighted by atomic mass is 10.2. The van der Waals surface area contributed by atoms with Crippen molar-refractivity contribution in [2.75, 3.05) is 11.9 Å². The van der Waals surface area contributed by atoms with Crippen molar-refractivity contribution in [2.45, 2.75) is 34.1 Å². The maximum absolute atomic E-state index is 11.7. The Morgan fingerprint density at radius 2 is 1.71 bits per heavy atom.